The highest BCUT2D eigenvalue weighted by molar-refractivity contribution is 7.92. The minimum Gasteiger partial charge on any atom is -0.461 e. The smallest absolute Gasteiger partial charge is 0.323 e. The van der Waals surface area contributed by atoms with Crippen molar-refractivity contribution in [3.8, 4) is 0 Å². The Morgan fingerprint density at radius 1 is 1.27 bits per heavy atom. The van der Waals surface area contributed by atoms with Crippen LogP contribution in [0, 0.1) is 10.2 Å². The number of nitrogens with two attached hydrogens (primary N) is 1. The van der Waals surface area contributed by atoms with Crippen LogP contribution in [0.15, 0.2) is 0 Å². The Kier molecular flexibility index (Phi) is 7.32. The first kappa shape index (κ1) is 19.4. The summed E-state index contributed by atoms with van der Waals surface area (Å²) in [4.78, 5) is 11.9. The minimum absolute atomic E-state index is 0.00597. The lowest BCUT2D eigenvalue weighted by Gasteiger charge is -2.23. The predicted octanol–water partition coefficient (Wildman–Crippen LogP) is 3.06. The molecule has 1 unspecified atom stereocenters. The highest BCUT2D eigenvalue weighted by Crippen LogP contribution is 2.21. The Morgan fingerprint density at radius 3 is 2.41 bits per heavy atom. The highest BCUT2D eigenvalue weighted by Gasteiger charge is 2.23. The van der Waals surface area contributed by atoms with Gasteiger partial charge in [0.05, 0.1) is 0 Å². The number of hydrogen-bond donors (Lipinski definition) is 2. The summed E-state index contributed by atoms with van der Waals surface area (Å²) >= 11 is 0. The van der Waals surface area contributed by atoms with E-state index in [0.717, 1.165) is 32.1 Å². The van der Waals surface area contributed by atoms with Gasteiger partial charge in [0, 0.05) is 21.2 Å². The normalized spacial score (nSPS) is 21.1. The number of ether oxygens (including phenoxy) is 1. The van der Waals surface area contributed by atoms with Crippen LogP contribution in [0.1, 0.15) is 65.7 Å². The van der Waals surface area contributed by atoms with E-state index in [1.165, 1.54) is 6.42 Å². The molecule has 3 N–H and O–H groups in total. The van der Waals surface area contributed by atoms with Crippen LogP contribution in [-0.4, -0.2) is 33.8 Å². The molecule has 2 atom stereocenters. The Morgan fingerprint density at radius 2 is 1.86 bits per heavy atom. The Balaban J connectivity index is 2.34. The average Bonchev–Trinajstić information content (AvgIpc) is 2.43. The maximum absolute atomic E-state index is 12.2. The fraction of sp³-hybridized carbons (Fsp3) is 0.938. The van der Waals surface area contributed by atoms with Crippen molar-refractivity contribution < 1.29 is 13.7 Å². The van der Waals surface area contributed by atoms with Gasteiger partial charge in [0.1, 0.15) is 12.1 Å². The van der Waals surface area contributed by atoms with Crippen molar-refractivity contribution in [2.45, 2.75) is 77.9 Å². The standard InChI is InChI=1S/C16H32N2O3S/c1-16(2,3)10-12-22(18,20)11-9-14(17)15(19)21-13-7-5-4-6-8-13/h13-14,18H,4-12,17H2,1-3H3/t14-,22?/m0/s1. The topological polar surface area (TPSA) is 93.2 Å². The first-order valence-electron chi connectivity index (χ1n) is 8.29. The molecule has 0 aromatic rings. The van der Waals surface area contributed by atoms with E-state index in [1.807, 2.05) is 0 Å². The van der Waals surface area contributed by atoms with Gasteiger partial charge in [-0.25, -0.2) is 4.21 Å². The van der Waals surface area contributed by atoms with Crippen LogP contribution in [0.2, 0.25) is 0 Å². The zero-order valence-electron chi connectivity index (χ0n) is 14.2. The van der Waals surface area contributed by atoms with Gasteiger partial charge in [-0.2, -0.15) is 0 Å². The Hall–Kier alpha value is -0.620. The fourth-order valence-corrected chi connectivity index (χ4v) is 4.22. The number of carbonyl (C=O) groups is 1. The quantitative estimate of drug-likeness (QED) is 0.701. The van der Waals surface area contributed by atoms with E-state index < -0.39 is 21.7 Å². The number of rotatable bonds is 7. The van der Waals surface area contributed by atoms with Crippen molar-refractivity contribution in [3.05, 3.63) is 0 Å². The zero-order valence-corrected chi connectivity index (χ0v) is 15.0. The zero-order chi connectivity index (χ0) is 16.8. The molecular weight excluding hydrogens is 300 g/mol. The minimum atomic E-state index is -2.66. The van der Waals surface area contributed by atoms with Crippen LogP contribution < -0.4 is 5.73 Å². The molecule has 0 aromatic heterocycles. The molecule has 1 aliphatic rings. The van der Waals surface area contributed by atoms with Crippen molar-refractivity contribution in [1.29, 1.82) is 4.78 Å². The molecule has 0 aromatic carbocycles. The molecule has 0 bridgehead atoms. The predicted molar refractivity (Wildman–Crippen MR) is 90.2 cm³/mol. The van der Waals surface area contributed by atoms with Crippen molar-refractivity contribution in [3.63, 3.8) is 0 Å². The van der Waals surface area contributed by atoms with Gasteiger partial charge in [-0.15, -0.1) is 0 Å². The van der Waals surface area contributed by atoms with Gasteiger partial charge in [-0.3, -0.25) is 9.57 Å². The Labute approximate surface area is 135 Å². The lowest BCUT2D eigenvalue weighted by Crippen LogP contribution is -2.37. The second-order valence-corrected chi connectivity index (χ2v) is 10.1. The summed E-state index contributed by atoms with van der Waals surface area (Å²) in [5.74, 6) is 0.128. The second-order valence-electron chi connectivity index (χ2n) is 7.62. The molecule has 1 fully saturated rings. The van der Waals surface area contributed by atoms with E-state index in [9.17, 15) is 9.00 Å². The highest BCUT2D eigenvalue weighted by atomic mass is 32.2. The van der Waals surface area contributed by atoms with Gasteiger partial charge in [0.15, 0.2) is 0 Å². The van der Waals surface area contributed by atoms with Crippen molar-refractivity contribution in [2.75, 3.05) is 11.5 Å². The van der Waals surface area contributed by atoms with Crippen LogP contribution in [0.4, 0.5) is 0 Å². The van der Waals surface area contributed by atoms with Crippen molar-refractivity contribution in [2.24, 2.45) is 11.1 Å². The molecule has 0 saturated heterocycles. The molecular formula is C16H32N2O3S. The summed E-state index contributed by atoms with van der Waals surface area (Å²) in [7, 11) is -2.66. The molecule has 0 heterocycles. The molecule has 130 valence electrons. The van der Waals surface area contributed by atoms with E-state index in [-0.39, 0.29) is 23.7 Å². The van der Waals surface area contributed by atoms with Crippen LogP contribution in [0.3, 0.4) is 0 Å². The largest absolute Gasteiger partial charge is 0.461 e. The molecule has 5 nitrogen and oxygen atoms in total. The molecule has 0 radical (unpaired) electrons. The number of carbonyl (C=O) groups excluding carboxylic acids is 1. The molecule has 6 heteroatoms. The molecule has 22 heavy (non-hydrogen) atoms. The van der Waals surface area contributed by atoms with Gasteiger partial charge in [0.25, 0.3) is 0 Å². The number of hydrogen-bond acceptors (Lipinski definition) is 5. The van der Waals surface area contributed by atoms with Crippen LogP contribution in [0.25, 0.3) is 0 Å². The summed E-state index contributed by atoms with van der Waals surface area (Å²) in [5, 5.41) is 0. The first-order valence-corrected chi connectivity index (χ1v) is 10.2. The molecule has 0 aliphatic heterocycles. The van der Waals surface area contributed by atoms with E-state index >= 15 is 0 Å². The molecule has 0 amide bonds. The van der Waals surface area contributed by atoms with Gasteiger partial charge in [0.2, 0.25) is 0 Å². The van der Waals surface area contributed by atoms with Crippen molar-refractivity contribution in [1.82, 2.24) is 0 Å². The summed E-state index contributed by atoms with van der Waals surface area (Å²) in [6, 6.07) is -0.761. The maximum Gasteiger partial charge on any atom is 0.323 e. The third kappa shape index (κ3) is 8.13. The van der Waals surface area contributed by atoms with Gasteiger partial charge >= 0.3 is 5.97 Å². The van der Waals surface area contributed by atoms with Crippen molar-refractivity contribution >= 4 is 15.7 Å². The number of nitrogens with one attached hydrogen (secondary N) is 1. The van der Waals surface area contributed by atoms with Gasteiger partial charge < -0.3 is 10.5 Å². The monoisotopic (exact) mass is 332 g/mol. The molecule has 1 aliphatic carbocycles. The number of esters is 1. The molecule has 1 rings (SSSR count). The van der Waals surface area contributed by atoms with E-state index in [1.54, 1.807) is 0 Å². The van der Waals surface area contributed by atoms with E-state index in [4.69, 9.17) is 15.3 Å². The summed E-state index contributed by atoms with van der Waals surface area (Å²) in [5.41, 5.74) is 5.90. The summed E-state index contributed by atoms with van der Waals surface area (Å²) in [6.07, 6.45) is 6.22. The average molecular weight is 333 g/mol. The Bertz CT molecular complexity index is 449. The third-order valence-corrected chi connectivity index (χ3v) is 5.84. The fourth-order valence-electron chi connectivity index (χ4n) is 2.44. The lowest BCUT2D eigenvalue weighted by molar-refractivity contribution is -0.152. The van der Waals surface area contributed by atoms with Gasteiger partial charge in [-0.05, 0) is 43.9 Å². The second kappa shape index (κ2) is 8.29. The van der Waals surface area contributed by atoms with Gasteiger partial charge in [-0.1, -0.05) is 27.2 Å². The van der Waals surface area contributed by atoms with Crippen LogP contribution >= 0.6 is 0 Å². The van der Waals surface area contributed by atoms with E-state index in [2.05, 4.69) is 20.8 Å². The maximum atomic E-state index is 12.2. The molecule has 1 saturated carbocycles. The lowest BCUT2D eigenvalue weighted by atomic mass is 9.94. The van der Waals surface area contributed by atoms with E-state index in [0.29, 0.717) is 5.75 Å². The van der Waals surface area contributed by atoms with Crippen LogP contribution in [-0.2, 0) is 19.3 Å². The van der Waals surface area contributed by atoms with Crippen LogP contribution in [0.5, 0.6) is 0 Å². The first-order chi connectivity index (χ1) is 10.1. The molecule has 0 spiro atoms. The third-order valence-electron chi connectivity index (χ3n) is 4.08. The SMILES string of the molecule is CC(C)(C)CCS(=N)(=O)CC[C@H](N)C(=O)OC1CCCCC1. The summed E-state index contributed by atoms with van der Waals surface area (Å²) < 4.78 is 25.5. The summed E-state index contributed by atoms with van der Waals surface area (Å²) in [6.45, 7) is 6.20.